The first-order valence-electron chi connectivity index (χ1n) is 12.9. The van der Waals surface area contributed by atoms with Gasteiger partial charge >= 0.3 is 0 Å². The maximum Gasteiger partial charge on any atom is 0.144 e. The first kappa shape index (κ1) is 17.9. The van der Waals surface area contributed by atoms with Crippen molar-refractivity contribution in [3.05, 3.63) is 82.5 Å². The van der Waals surface area contributed by atoms with E-state index in [2.05, 4.69) is 56.9 Å². The zero-order valence-electron chi connectivity index (χ0n) is 22.6. The molecule has 0 bridgehead atoms. The first-order valence-corrected chi connectivity index (χ1v) is 12.3. The molecule has 0 amide bonds. The molecule has 3 aromatic carbocycles. The Morgan fingerprint density at radius 3 is 2.50 bits per heavy atom. The molecule has 0 saturated heterocycles. The van der Waals surface area contributed by atoms with E-state index < -0.39 is 6.85 Å². The summed E-state index contributed by atoms with van der Waals surface area (Å²) in [7, 11) is 0. The van der Waals surface area contributed by atoms with Crippen molar-refractivity contribution in [2.24, 2.45) is 0 Å². The number of furan rings is 1. The number of hydrogen-bond donors (Lipinski definition) is 0. The summed E-state index contributed by atoms with van der Waals surface area (Å²) >= 11 is 1.21. The van der Waals surface area contributed by atoms with Crippen LogP contribution in [0.1, 0.15) is 45.6 Å². The van der Waals surface area contributed by atoms with Crippen LogP contribution in [-0.2, 0) is 0 Å². The number of aryl methyl sites for hydroxylation is 3. The molecule has 0 unspecified atom stereocenters. The lowest BCUT2D eigenvalue weighted by Crippen LogP contribution is -1.99. The SMILES string of the molecule is [2H]C([2H])([2H])c1nc2cc3oc4c(-c5cc(-c6c(C)cccc6C)c(C(C)C)cn5)cccc4c3cc2s1. The third kappa shape index (κ3) is 3.24. The fraction of sp³-hybridized carbons (Fsp3) is 0.200. The summed E-state index contributed by atoms with van der Waals surface area (Å²) in [6.45, 7) is 6.49. The standard InChI is InChI=1S/C30H26N2OS/c1-16(2)24-15-31-25(12-23(24)29-17(3)8-6-9-18(29)4)21-11-7-10-20-22-13-28-26(32-19(5)34-28)14-27(22)33-30(20)21/h6-16H,1-5H3/i5D3. The molecule has 168 valence electrons. The van der Waals surface area contributed by atoms with Crippen LogP contribution in [0.2, 0.25) is 0 Å². The van der Waals surface area contributed by atoms with Crippen molar-refractivity contribution >= 4 is 43.5 Å². The van der Waals surface area contributed by atoms with Gasteiger partial charge in [0, 0.05) is 32.7 Å². The predicted molar refractivity (Wildman–Crippen MR) is 144 cm³/mol. The molecule has 0 N–H and O–H groups in total. The number of aromatic nitrogens is 2. The highest BCUT2D eigenvalue weighted by Gasteiger charge is 2.18. The average molecular weight is 466 g/mol. The molecule has 3 aromatic heterocycles. The minimum Gasteiger partial charge on any atom is -0.455 e. The fourth-order valence-corrected chi connectivity index (χ4v) is 5.69. The van der Waals surface area contributed by atoms with E-state index in [1.807, 2.05) is 36.5 Å². The van der Waals surface area contributed by atoms with E-state index in [1.165, 1.54) is 39.2 Å². The maximum absolute atomic E-state index is 7.70. The molecule has 3 nitrogen and oxygen atoms in total. The Bertz CT molecular complexity index is 1810. The van der Waals surface area contributed by atoms with Gasteiger partial charge in [0.1, 0.15) is 11.2 Å². The van der Waals surface area contributed by atoms with E-state index in [0.29, 0.717) is 17.0 Å². The summed E-state index contributed by atoms with van der Waals surface area (Å²) in [5, 5.41) is 2.06. The van der Waals surface area contributed by atoms with Crippen LogP contribution in [0.4, 0.5) is 0 Å². The molecule has 0 aliphatic rings. The molecule has 34 heavy (non-hydrogen) atoms. The van der Waals surface area contributed by atoms with E-state index in [0.717, 1.165) is 32.3 Å². The van der Waals surface area contributed by atoms with Crippen LogP contribution >= 0.6 is 11.3 Å². The zero-order valence-corrected chi connectivity index (χ0v) is 20.4. The van der Waals surface area contributed by atoms with E-state index in [1.54, 1.807) is 0 Å². The first-order chi connectivity index (χ1) is 17.6. The molecule has 0 aliphatic heterocycles. The van der Waals surface area contributed by atoms with Crippen molar-refractivity contribution in [3.63, 3.8) is 0 Å². The number of pyridine rings is 1. The molecule has 4 heteroatoms. The zero-order chi connectivity index (χ0) is 26.1. The van der Waals surface area contributed by atoms with Crippen LogP contribution in [-0.4, -0.2) is 9.97 Å². The molecule has 6 aromatic rings. The van der Waals surface area contributed by atoms with Crippen molar-refractivity contribution in [2.75, 3.05) is 0 Å². The second-order valence-electron chi connectivity index (χ2n) is 9.20. The summed E-state index contributed by atoms with van der Waals surface area (Å²) in [4.78, 5) is 9.24. The molecule has 0 spiro atoms. The normalized spacial score (nSPS) is 13.6. The molecule has 0 saturated carbocycles. The van der Waals surface area contributed by atoms with Gasteiger partial charge in [0.25, 0.3) is 0 Å². The van der Waals surface area contributed by atoms with Crippen molar-refractivity contribution in [1.29, 1.82) is 0 Å². The number of rotatable bonds is 3. The lowest BCUT2D eigenvalue weighted by Gasteiger charge is -2.18. The van der Waals surface area contributed by atoms with Gasteiger partial charge in [-0.3, -0.25) is 4.98 Å². The van der Waals surface area contributed by atoms with E-state index in [-0.39, 0.29) is 5.01 Å². The van der Waals surface area contributed by atoms with Gasteiger partial charge in [0.2, 0.25) is 0 Å². The smallest absolute Gasteiger partial charge is 0.144 e. The number of nitrogens with zero attached hydrogens (tertiary/aromatic N) is 2. The van der Waals surface area contributed by atoms with Gasteiger partial charge in [0.05, 0.1) is 20.9 Å². The minimum atomic E-state index is -2.22. The van der Waals surface area contributed by atoms with Crippen LogP contribution in [0.3, 0.4) is 0 Å². The number of benzene rings is 3. The molecule has 0 aliphatic carbocycles. The highest BCUT2D eigenvalue weighted by Crippen LogP contribution is 2.40. The second-order valence-corrected chi connectivity index (χ2v) is 10.2. The Labute approximate surface area is 207 Å². The van der Waals surface area contributed by atoms with E-state index in [4.69, 9.17) is 13.5 Å². The summed E-state index contributed by atoms with van der Waals surface area (Å²) < 4.78 is 30.3. The summed E-state index contributed by atoms with van der Waals surface area (Å²) in [6, 6.07) is 18.5. The number of thiazole rings is 1. The summed E-state index contributed by atoms with van der Waals surface area (Å²) in [5.74, 6) is 0.331. The number of fused-ring (bicyclic) bond motifs is 4. The van der Waals surface area contributed by atoms with Gasteiger partial charge < -0.3 is 4.42 Å². The highest BCUT2D eigenvalue weighted by molar-refractivity contribution is 7.18. The van der Waals surface area contributed by atoms with Crippen molar-refractivity contribution < 1.29 is 8.53 Å². The van der Waals surface area contributed by atoms with E-state index >= 15 is 0 Å². The van der Waals surface area contributed by atoms with Gasteiger partial charge in [-0.25, -0.2) is 4.98 Å². The van der Waals surface area contributed by atoms with Crippen LogP contribution in [0.15, 0.2) is 65.2 Å². The summed E-state index contributed by atoms with van der Waals surface area (Å²) in [5.41, 5.74) is 10.0. The molecule has 0 fully saturated rings. The van der Waals surface area contributed by atoms with Crippen molar-refractivity contribution in [2.45, 2.75) is 40.5 Å². The predicted octanol–water partition coefficient (Wildman–Crippen LogP) is 8.97. The lowest BCUT2D eigenvalue weighted by atomic mass is 9.88. The molecular weight excluding hydrogens is 436 g/mol. The molecule has 6 rings (SSSR count). The second kappa shape index (κ2) is 7.78. The Morgan fingerprint density at radius 1 is 0.941 bits per heavy atom. The third-order valence-electron chi connectivity index (χ3n) is 6.59. The van der Waals surface area contributed by atoms with E-state index in [9.17, 15) is 0 Å². The minimum absolute atomic E-state index is 0.147. The molecule has 3 heterocycles. The van der Waals surface area contributed by atoms with Crippen LogP contribution in [0, 0.1) is 20.7 Å². The van der Waals surface area contributed by atoms with Gasteiger partial charge in [-0.05, 0) is 72.6 Å². The van der Waals surface area contributed by atoms with Crippen molar-refractivity contribution in [3.8, 4) is 22.4 Å². The Hall–Kier alpha value is -3.50. The summed E-state index contributed by atoms with van der Waals surface area (Å²) in [6.07, 6.45) is 2.00. The van der Waals surface area contributed by atoms with Crippen LogP contribution in [0.25, 0.3) is 54.5 Å². The monoisotopic (exact) mass is 465 g/mol. The Morgan fingerprint density at radius 2 is 1.74 bits per heavy atom. The lowest BCUT2D eigenvalue weighted by molar-refractivity contribution is 0.670. The largest absolute Gasteiger partial charge is 0.455 e. The quantitative estimate of drug-likeness (QED) is 0.262. The van der Waals surface area contributed by atoms with Gasteiger partial charge in [-0.1, -0.05) is 44.2 Å². The number of para-hydroxylation sites is 1. The highest BCUT2D eigenvalue weighted by atomic mass is 32.1. The Kier molecular flexibility index (Phi) is 4.10. The molecule has 0 radical (unpaired) electrons. The molecule has 0 atom stereocenters. The fourth-order valence-electron chi connectivity index (χ4n) is 4.95. The Balaban J connectivity index is 1.57. The van der Waals surface area contributed by atoms with Gasteiger partial charge in [-0.2, -0.15) is 0 Å². The van der Waals surface area contributed by atoms with Crippen LogP contribution < -0.4 is 0 Å². The van der Waals surface area contributed by atoms with Gasteiger partial charge in [-0.15, -0.1) is 11.3 Å². The maximum atomic E-state index is 7.70. The topological polar surface area (TPSA) is 38.9 Å². The van der Waals surface area contributed by atoms with Gasteiger partial charge in [0.15, 0.2) is 0 Å². The van der Waals surface area contributed by atoms with Crippen LogP contribution in [0.5, 0.6) is 0 Å². The van der Waals surface area contributed by atoms with Crippen molar-refractivity contribution in [1.82, 2.24) is 9.97 Å². The third-order valence-corrected chi connectivity index (χ3v) is 7.42. The average Bonchev–Trinajstić information content (AvgIpc) is 3.43. The number of hydrogen-bond acceptors (Lipinski definition) is 4. The molecular formula is C30H26N2OS.